The van der Waals surface area contributed by atoms with Crippen molar-refractivity contribution in [2.75, 3.05) is 23.7 Å². The molecule has 4 aromatic carbocycles. The molecule has 276 valence electrons. The second kappa shape index (κ2) is 15.8. The molecule has 55 heavy (non-hydrogen) atoms. The Labute approximate surface area is 319 Å². The number of H-pyrrole nitrogens is 1. The Kier molecular flexibility index (Phi) is 10.2. The molecule has 10 nitrogen and oxygen atoms in total. The second-order valence-electron chi connectivity index (χ2n) is 14.2. The highest BCUT2D eigenvalue weighted by Crippen LogP contribution is 2.39. The first-order chi connectivity index (χ1) is 26.9. The Hall–Kier alpha value is -6.55. The van der Waals surface area contributed by atoms with E-state index in [1.165, 1.54) is 0 Å². The number of nitrogens with zero attached hydrogens (tertiary/aromatic N) is 3. The fourth-order valence-electron chi connectivity index (χ4n) is 7.90. The van der Waals surface area contributed by atoms with Crippen LogP contribution >= 0.6 is 0 Å². The maximum absolute atomic E-state index is 13.6. The Bertz CT molecular complexity index is 2330. The molecule has 2 aliphatic rings. The first kappa shape index (κ1) is 35.5. The minimum absolute atomic E-state index is 0.0428. The number of rotatable bonds is 10. The number of fused-ring (bicyclic) bond motifs is 1. The van der Waals surface area contributed by atoms with Crippen LogP contribution in [-0.4, -0.2) is 68.6 Å². The van der Waals surface area contributed by atoms with Gasteiger partial charge < -0.3 is 25.4 Å². The van der Waals surface area contributed by atoms with Gasteiger partial charge in [-0.3, -0.25) is 24.2 Å². The summed E-state index contributed by atoms with van der Waals surface area (Å²) >= 11 is 0. The van der Waals surface area contributed by atoms with Crippen molar-refractivity contribution in [2.24, 2.45) is 0 Å². The van der Waals surface area contributed by atoms with Crippen molar-refractivity contribution in [1.29, 1.82) is 0 Å². The number of anilines is 2. The molecule has 2 aromatic heterocycles. The molecule has 10 heteroatoms. The Morgan fingerprint density at radius 3 is 1.71 bits per heavy atom. The molecule has 2 atom stereocenters. The lowest BCUT2D eigenvalue weighted by atomic mass is 9.98. The van der Waals surface area contributed by atoms with Gasteiger partial charge in [0.05, 0.1) is 18.5 Å². The molecule has 4 heterocycles. The summed E-state index contributed by atoms with van der Waals surface area (Å²) in [7, 11) is 0. The zero-order valence-corrected chi connectivity index (χ0v) is 30.4. The molecule has 2 saturated heterocycles. The lowest BCUT2D eigenvalue weighted by Crippen LogP contribution is -2.43. The summed E-state index contributed by atoms with van der Waals surface area (Å²) < 4.78 is 0. The van der Waals surface area contributed by atoms with E-state index in [0.717, 1.165) is 57.3 Å². The third-order valence-corrected chi connectivity index (χ3v) is 10.6. The van der Waals surface area contributed by atoms with E-state index in [-0.39, 0.29) is 36.5 Å². The van der Waals surface area contributed by atoms with Gasteiger partial charge in [-0.05, 0) is 90.4 Å². The standard InChI is InChI=1S/C45H42N6O4/c52-40(27-30-9-3-1-4-10-30)50-25-7-13-38(50)44(54)47-34-17-15-33(16-18-34)43-42(32-21-23-46-24-22-32)36-29-35(19-20-37(36)49-43)48-45(55)39-14-8-26-51(39)41(53)28-31-11-5-2-6-12-31/h1-6,9-12,15-24,29,38-39,49H,7-8,13-14,25-28H2,(H,47,54)(H,48,55)/t38-,39-/m0/s1. The van der Waals surface area contributed by atoms with Gasteiger partial charge in [-0.1, -0.05) is 72.8 Å². The molecule has 2 fully saturated rings. The zero-order chi connectivity index (χ0) is 37.7. The van der Waals surface area contributed by atoms with Crippen molar-refractivity contribution in [2.45, 2.75) is 50.6 Å². The Morgan fingerprint density at radius 2 is 1.15 bits per heavy atom. The highest BCUT2D eigenvalue weighted by atomic mass is 16.2. The van der Waals surface area contributed by atoms with E-state index in [4.69, 9.17) is 0 Å². The molecule has 0 unspecified atom stereocenters. The number of aromatic nitrogens is 2. The van der Waals surface area contributed by atoms with Gasteiger partial charge in [-0.15, -0.1) is 0 Å². The van der Waals surface area contributed by atoms with Crippen LogP contribution in [0.1, 0.15) is 36.8 Å². The third kappa shape index (κ3) is 7.75. The summed E-state index contributed by atoms with van der Waals surface area (Å²) in [5.74, 6) is -0.475. The van der Waals surface area contributed by atoms with Crippen molar-refractivity contribution < 1.29 is 19.2 Å². The first-order valence-corrected chi connectivity index (χ1v) is 18.9. The molecule has 8 rings (SSSR count). The summed E-state index contributed by atoms with van der Waals surface area (Å²) in [6.07, 6.45) is 6.85. The van der Waals surface area contributed by atoms with Crippen LogP contribution in [0.25, 0.3) is 33.3 Å². The largest absolute Gasteiger partial charge is 0.354 e. The molecule has 3 N–H and O–H groups in total. The average molecular weight is 731 g/mol. The van der Waals surface area contributed by atoms with Gasteiger partial charge in [0, 0.05) is 53.3 Å². The van der Waals surface area contributed by atoms with E-state index in [2.05, 4.69) is 20.6 Å². The third-order valence-electron chi connectivity index (χ3n) is 10.6. The van der Waals surface area contributed by atoms with Crippen molar-refractivity contribution >= 4 is 45.9 Å². The number of aromatic amines is 1. The number of benzene rings is 4. The number of carbonyl (C=O) groups is 4. The van der Waals surface area contributed by atoms with Gasteiger partial charge in [-0.2, -0.15) is 0 Å². The number of nitrogens with one attached hydrogen (secondary N) is 3. The lowest BCUT2D eigenvalue weighted by Gasteiger charge is -2.24. The molecule has 0 radical (unpaired) electrons. The summed E-state index contributed by atoms with van der Waals surface area (Å²) in [5, 5.41) is 7.06. The maximum atomic E-state index is 13.6. The summed E-state index contributed by atoms with van der Waals surface area (Å²) in [6, 6.07) is 35.5. The lowest BCUT2D eigenvalue weighted by molar-refractivity contribution is -0.136. The van der Waals surface area contributed by atoms with Crippen LogP contribution in [0.3, 0.4) is 0 Å². The molecular weight excluding hydrogens is 689 g/mol. The van der Waals surface area contributed by atoms with E-state index in [1.807, 2.05) is 115 Å². The van der Waals surface area contributed by atoms with Crippen molar-refractivity contribution in [3.05, 3.63) is 139 Å². The molecule has 0 bridgehead atoms. The van der Waals surface area contributed by atoms with Gasteiger partial charge >= 0.3 is 0 Å². The minimum atomic E-state index is -0.529. The van der Waals surface area contributed by atoms with Crippen LogP contribution in [0.2, 0.25) is 0 Å². The number of amides is 4. The summed E-state index contributed by atoms with van der Waals surface area (Å²) in [5.41, 5.74) is 7.72. The molecule has 6 aromatic rings. The van der Waals surface area contributed by atoms with E-state index >= 15 is 0 Å². The van der Waals surface area contributed by atoms with E-state index in [0.29, 0.717) is 37.3 Å². The van der Waals surface area contributed by atoms with Crippen molar-refractivity contribution in [3.8, 4) is 22.4 Å². The van der Waals surface area contributed by atoms with Crippen LogP contribution in [0.5, 0.6) is 0 Å². The van der Waals surface area contributed by atoms with Gasteiger partial charge in [0.15, 0.2) is 0 Å². The second-order valence-corrected chi connectivity index (χ2v) is 14.2. The molecule has 0 saturated carbocycles. The van der Waals surface area contributed by atoms with E-state index in [1.54, 1.807) is 22.2 Å². The normalized spacial score (nSPS) is 16.7. The molecule has 0 aliphatic carbocycles. The fourth-order valence-corrected chi connectivity index (χ4v) is 7.90. The number of likely N-dealkylation sites (tertiary alicyclic amines) is 2. The predicted octanol–water partition coefficient (Wildman–Crippen LogP) is 7.24. The monoisotopic (exact) mass is 730 g/mol. The van der Waals surface area contributed by atoms with Crippen LogP contribution < -0.4 is 10.6 Å². The highest BCUT2D eigenvalue weighted by Gasteiger charge is 2.35. The predicted molar refractivity (Wildman–Crippen MR) is 214 cm³/mol. The Balaban J connectivity index is 0.998. The first-order valence-electron chi connectivity index (χ1n) is 18.9. The molecule has 4 amide bonds. The molecule has 0 spiro atoms. The smallest absolute Gasteiger partial charge is 0.247 e. The Morgan fingerprint density at radius 1 is 0.618 bits per heavy atom. The van der Waals surface area contributed by atoms with Crippen LogP contribution in [0, 0.1) is 0 Å². The quantitative estimate of drug-likeness (QED) is 0.137. The maximum Gasteiger partial charge on any atom is 0.247 e. The number of pyridine rings is 1. The van der Waals surface area contributed by atoms with Crippen LogP contribution in [-0.2, 0) is 32.0 Å². The van der Waals surface area contributed by atoms with E-state index in [9.17, 15) is 19.2 Å². The van der Waals surface area contributed by atoms with Crippen molar-refractivity contribution in [3.63, 3.8) is 0 Å². The molecular formula is C45H42N6O4. The number of hydrogen-bond donors (Lipinski definition) is 3. The zero-order valence-electron chi connectivity index (χ0n) is 30.4. The average Bonchev–Trinajstić information content (AvgIpc) is 3.99. The van der Waals surface area contributed by atoms with Crippen LogP contribution in [0.15, 0.2) is 128 Å². The molecule has 2 aliphatic heterocycles. The van der Waals surface area contributed by atoms with E-state index < -0.39 is 12.1 Å². The minimum Gasteiger partial charge on any atom is -0.354 e. The van der Waals surface area contributed by atoms with Gasteiger partial charge in [0.1, 0.15) is 12.1 Å². The summed E-state index contributed by atoms with van der Waals surface area (Å²) in [4.78, 5) is 64.7. The fraction of sp³-hybridized carbons (Fsp3) is 0.222. The van der Waals surface area contributed by atoms with Gasteiger partial charge in [0.2, 0.25) is 23.6 Å². The van der Waals surface area contributed by atoms with Gasteiger partial charge in [-0.25, -0.2) is 0 Å². The van der Waals surface area contributed by atoms with Gasteiger partial charge in [0.25, 0.3) is 0 Å². The summed E-state index contributed by atoms with van der Waals surface area (Å²) in [6.45, 7) is 1.13. The highest BCUT2D eigenvalue weighted by molar-refractivity contribution is 6.07. The van der Waals surface area contributed by atoms with Crippen LogP contribution in [0.4, 0.5) is 11.4 Å². The number of hydrogen-bond acceptors (Lipinski definition) is 5. The SMILES string of the molecule is O=C(Nc1ccc(-c2[nH]c3ccc(NC(=O)[C@@H]4CCCN4C(=O)Cc4ccccc4)cc3c2-c2ccncc2)cc1)[C@@H]1CCCN1C(=O)Cc1ccccc1. The number of carbonyl (C=O) groups excluding carboxylic acids is 4. The van der Waals surface area contributed by atoms with Crippen molar-refractivity contribution in [1.82, 2.24) is 19.8 Å². The topological polar surface area (TPSA) is 128 Å².